The fourth-order valence-corrected chi connectivity index (χ4v) is 3.23. The van der Waals surface area contributed by atoms with E-state index in [1.165, 1.54) is 18.1 Å². The van der Waals surface area contributed by atoms with E-state index >= 15 is 0 Å². The molecule has 2 aromatic rings. The van der Waals surface area contributed by atoms with E-state index in [0.29, 0.717) is 25.0 Å². The molecule has 7 nitrogen and oxygen atoms in total. The molecule has 0 spiro atoms. The number of hydrogen-bond donors (Lipinski definition) is 1. The summed E-state index contributed by atoms with van der Waals surface area (Å²) < 4.78 is 48.4. The number of fused-ring (bicyclic) bond motifs is 1. The zero-order chi connectivity index (χ0) is 21.4. The molecule has 0 atom stereocenters. The van der Waals surface area contributed by atoms with Crippen molar-refractivity contribution in [1.29, 1.82) is 0 Å². The summed E-state index contributed by atoms with van der Waals surface area (Å²) in [5, 5.41) is 3.68. The molecule has 0 saturated carbocycles. The van der Waals surface area contributed by atoms with Gasteiger partial charge in [0, 0.05) is 35.9 Å². The molecule has 1 aliphatic rings. The Bertz CT molecular complexity index is 960. The molecule has 1 aromatic heterocycles. The molecule has 1 fully saturated rings. The summed E-state index contributed by atoms with van der Waals surface area (Å²) in [6, 6.07) is 6.17. The van der Waals surface area contributed by atoms with Gasteiger partial charge in [0.05, 0.1) is 7.11 Å². The van der Waals surface area contributed by atoms with Crippen LogP contribution in [0, 0.1) is 0 Å². The molecule has 10 heteroatoms. The van der Waals surface area contributed by atoms with Gasteiger partial charge in [-0.2, -0.15) is 13.2 Å². The van der Waals surface area contributed by atoms with E-state index in [9.17, 15) is 22.8 Å². The molecule has 0 unspecified atom stereocenters. The second kappa shape index (κ2) is 7.51. The number of esters is 1. The van der Waals surface area contributed by atoms with Gasteiger partial charge in [-0.05, 0) is 19.9 Å². The van der Waals surface area contributed by atoms with Crippen LogP contribution in [0.15, 0.2) is 24.3 Å². The van der Waals surface area contributed by atoms with Gasteiger partial charge >= 0.3 is 12.1 Å². The molecule has 1 amide bonds. The smallest absolute Gasteiger partial charge is 0.481 e. The number of halogens is 3. The number of nitrogens with one attached hydrogen (secondary N) is 1. The van der Waals surface area contributed by atoms with Gasteiger partial charge in [0.1, 0.15) is 0 Å². The highest BCUT2D eigenvalue weighted by atomic mass is 19.4. The van der Waals surface area contributed by atoms with E-state index in [-0.39, 0.29) is 11.3 Å². The topological polar surface area (TPSA) is 80.8 Å². The summed E-state index contributed by atoms with van der Waals surface area (Å²) in [7, 11) is 1.33. The van der Waals surface area contributed by atoms with Crippen LogP contribution in [-0.2, 0) is 4.79 Å². The second-order valence-corrected chi connectivity index (χ2v) is 7.27. The molecule has 3 rings (SSSR count). The molecule has 0 radical (unpaired) electrons. The number of carbonyl (C=O) groups excluding carboxylic acids is 2. The molecule has 156 valence electrons. The van der Waals surface area contributed by atoms with E-state index in [2.05, 4.69) is 15.0 Å². The predicted molar refractivity (Wildman–Crippen MR) is 98.0 cm³/mol. The number of carbonyl (C=O) groups is 2. The average Bonchev–Trinajstić information content (AvgIpc) is 2.66. The lowest BCUT2D eigenvalue weighted by Crippen LogP contribution is -2.58. The van der Waals surface area contributed by atoms with E-state index in [0.717, 1.165) is 0 Å². The summed E-state index contributed by atoms with van der Waals surface area (Å²) in [5.41, 5.74) is -0.798. The lowest BCUT2D eigenvalue weighted by molar-refractivity contribution is -0.189. The van der Waals surface area contributed by atoms with Crippen LogP contribution in [0.4, 0.5) is 13.2 Å². The first-order chi connectivity index (χ1) is 13.5. The fourth-order valence-electron chi connectivity index (χ4n) is 3.23. The summed E-state index contributed by atoms with van der Waals surface area (Å²) in [6.07, 6.45) is -5.22. The number of alkyl halides is 3. The van der Waals surface area contributed by atoms with Crippen molar-refractivity contribution in [2.24, 2.45) is 0 Å². The molecule has 0 bridgehead atoms. The summed E-state index contributed by atoms with van der Waals surface area (Å²) in [5.74, 6) is -3.56. The van der Waals surface area contributed by atoms with Crippen molar-refractivity contribution in [3.63, 3.8) is 0 Å². The highest BCUT2D eigenvalue weighted by molar-refractivity contribution is 6.04. The first-order valence-electron chi connectivity index (χ1n) is 8.83. The van der Waals surface area contributed by atoms with Crippen molar-refractivity contribution in [3.8, 4) is 11.6 Å². The number of piperazine rings is 1. The van der Waals surface area contributed by atoms with Gasteiger partial charge < -0.3 is 19.7 Å². The maximum Gasteiger partial charge on any atom is 0.491 e. The highest BCUT2D eigenvalue weighted by Crippen LogP contribution is 2.36. The molecule has 1 aromatic carbocycles. The van der Waals surface area contributed by atoms with Crippen molar-refractivity contribution >= 4 is 22.6 Å². The van der Waals surface area contributed by atoms with Gasteiger partial charge in [0.15, 0.2) is 11.4 Å². The highest BCUT2D eigenvalue weighted by Gasteiger charge is 2.43. The number of ether oxygens (including phenoxy) is 2. The lowest BCUT2D eigenvalue weighted by Gasteiger charge is -2.39. The molecule has 0 aliphatic carbocycles. The number of aromatic nitrogens is 1. The number of pyridine rings is 1. The van der Waals surface area contributed by atoms with Gasteiger partial charge in [-0.3, -0.25) is 4.79 Å². The molecular weight excluding hydrogens is 391 g/mol. The minimum atomic E-state index is -5.22. The SMILES string of the molecule is COc1nc(C(=O)N2CCNC(C)(C)C2)c(OC(=O)C(F)(F)F)c2ccccc12. The number of nitrogens with zero attached hydrogens (tertiary/aromatic N) is 2. The Morgan fingerprint density at radius 2 is 1.86 bits per heavy atom. The van der Waals surface area contributed by atoms with Gasteiger partial charge in [-0.1, -0.05) is 18.2 Å². The van der Waals surface area contributed by atoms with Crippen LogP contribution in [-0.4, -0.2) is 60.2 Å². The first-order valence-corrected chi connectivity index (χ1v) is 8.83. The molecule has 1 saturated heterocycles. The molecule has 1 N–H and O–H groups in total. The first kappa shape index (κ1) is 20.8. The summed E-state index contributed by atoms with van der Waals surface area (Å²) >= 11 is 0. The maximum absolute atomic E-state index is 13.2. The van der Waals surface area contributed by atoms with Crippen molar-refractivity contribution in [1.82, 2.24) is 15.2 Å². The van der Waals surface area contributed by atoms with Gasteiger partial charge in [-0.25, -0.2) is 9.78 Å². The molecule has 29 heavy (non-hydrogen) atoms. The molecular formula is C19H20F3N3O4. The predicted octanol–water partition coefficient (Wildman–Crippen LogP) is 2.54. The fraction of sp³-hybridized carbons (Fsp3) is 0.421. The third-order valence-electron chi connectivity index (χ3n) is 4.51. The third-order valence-corrected chi connectivity index (χ3v) is 4.51. The number of amides is 1. The van der Waals surface area contributed by atoms with E-state index < -0.39 is 35.0 Å². The Morgan fingerprint density at radius 1 is 1.21 bits per heavy atom. The third kappa shape index (κ3) is 4.26. The normalized spacial score (nSPS) is 16.6. The Balaban J connectivity index is 2.15. The standard InChI is InChI=1S/C19H20F3N3O4/c1-18(2)10-25(9-8-23-18)16(26)13-14(29-17(27)19(20,21)22)11-6-4-5-7-12(11)15(24-13)28-3/h4-7,23H,8-10H2,1-3H3. The van der Waals surface area contributed by atoms with Gasteiger partial charge in [0.25, 0.3) is 5.91 Å². The van der Waals surface area contributed by atoms with Crippen LogP contribution in [0.1, 0.15) is 24.3 Å². The molecule has 1 aliphatic heterocycles. The Hall–Kier alpha value is -2.88. The quantitative estimate of drug-likeness (QED) is 0.782. The summed E-state index contributed by atoms with van der Waals surface area (Å²) in [6.45, 7) is 4.92. The van der Waals surface area contributed by atoms with Crippen LogP contribution in [0.5, 0.6) is 11.6 Å². The largest absolute Gasteiger partial charge is 0.491 e. The number of hydrogen-bond acceptors (Lipinski definition) is 6. The molecule has 2 heterocycles. The van der Waals surface area contributed by atoms with Crippen molar-refractivity contribution in [2.75, 3.05) is 26.7 Å². The Kier molecular flexibility index (Phi) is 5.40. The van der Waals surface area contributed by atoms with Crippen LogP contribution >= 0.6 is 0 Å². The van der Waals surface area contributed by atoms with Crippen molar-refractivity contribution < 1.29 is 32.2 Å². The Morgan fingerprint density at radius 3 is 2.45 bits per heavy atom. The van der Waals surface area contributed by atoms with E-state index in [4.69, 9.17) is 4.74 Å². The zero-order valence-electron chi connectivity index (χ0n) is 16.1. The lowest BCUT2D eigenvalue weighted by atomic mass is 10.0. The van der Waals surface area contributed by atoms with E-state index in [1.54, 1.807) is 18.2 Å². The average molecular weight is 411 g/mol. The Labute approximate surface area is 164 Å². The minimum Gasteiger partial charge on any atom is -0.481 e. The minimum absolute atomic E-state index is 0.0464. The summed E-state index contributed by atoms with van der Waals surface area (Å²) in [4.78, 5) is 30.3. The van der Waals surface area contributed by atoms with Gasteiger partial charge in [0.2, 0.25) is 5.88 Å². The van der Waals surface area contributed by atoms with Crippen LogP contribution in [0.25, 0.3) is 10.8 Å². The van der Waals surface area contributed by atoms with Crippen molar-refractivity contribution in [3.05, 3.63) is 30.0 Å². The second-order valence-electron chi connectivity index (χ2n) is 7.27. The monoisotopic (exact) mass is 411 g/mol. The van der Waals surface area contributed by atoms with Crippen LogP contribution in [0.3, 0.4) is 0 Å². The zero-order valence-corrected chi connectivity index (χ0v) is 16.1. The number of benzene rings is 1. The number of rotatable bonds is 3. The van der Waals surface area contributed by atoms with Crippen molar-refractivity contribution in [2.45, 2.75) is 25.6 Å². The maximum atomic E-state index is 13.2. The van der Waals surface area contributed by atoms with Crippen LogP contribution < -0.4 is 14.8 Å². The van der Waals surface area contributed by atoms with Gasteiger partial charge in [-0.15, -0.1) is 0 Å². The number of methoxy groups -OCH3 is 1. The van der Waals surface area contributed by atoms with Crippen LogP contribution in [0.2, 0.25) is 0 Å². The van der Waals surface area contributed by atoms with E-state index in [1.807, 2.05) is 13.8 Å².